The molecule has 0 aromatic rings. The first kappa shape index (κ1) is 13.7. The molecule has 0 atom stereocenters. The summed E-state index contributed by atoms with van der Waals surface area (Å²) in [6.07, 6.45) is 7.62. The Hall–Kier alpha value is -0.410. The van der Waals surface area contributed by atoms with E-state index in [2.05, 4.69) is 11.8 Å². The van der Waals surface area contributed by atoms with Crippen LogP contribution in [-0.2, 0) is 4.79 Å². The average Bonchev–Trinajstić information content (AvgIpc) is 2.28. The molecule has 1 aliphatic heterocycles. The number of likely N-dealkylation sites (tertiary alicyclic amines) is 1. The van der Waals surface area contributed by atoms with Crippen molar-refractivity contribution in [3.05, 3.63) is 0 Å². The summed E-state index contributed by atoms with van der Waals surface area (Å²) in [6.45, 7) is 4.85. The van der Waals surface area contributed by atoms with Crippen LogP contribution in [0.25, 0.3) is 0 Å². The molecule has 0 bridgehead atoms. The Morgan fingerprint density at radius 3 is 2.56 bits per heavy atom. The summed E-state index contributed by atoms with van der Waals surface area (Å²) in [5.41, 5.74) is 5.83. The van der Waals surface area contributed by atoms with Crippen molar-refractivity contribution in [2.24, 2.45) is 5.73 Å². The normalized spacial score (nSPS) is 18.9. The number of carbonyl (C=O) groups excluding carboxylic acids is 1. The molecule has 1 rings (SSSR count). The third-order valence-electron chi connectivity index (χ3n) is 3.34. The molecule has 0 saturated carbocycles. The molecule has 0 aromatic carbocycles. The second-order valence-corrected chi connectivity index (χ2v) is 4.96. The van der Waals surface area contributed by atoms with Crippen LogP contribution in [-0.4, -0.2) is 36.4 Å². The largest absolute Gasteiger partial charge is 0.328 e. The van der Waals surface area contributed by atoms with Crippen LogP contribution < -0.4 is 5.73 Å². The Bertz CT molecular complexity index is 198. The van der Waals surface area contributed by atoms with E-state index in [1.165, 1.54) is 19.3 Å². The van der Waals surface area contributed by atoms with E-state index in [0.717, 1.165) is 38.8 Å². The zero-order chi connectivity index (χ0) is 11.8. The molecule has 2 N–H and O–H groups in total. The second-order valence-electron chi connectivity index (χ2n) is 4.96. The Labute approximate surface area is 99.4 Å². The number of rotatable bonds is 7. The Morgan fingerprint density at radius 2 is 1.94 bits per heavy atom. The number of nitrogens with zero attached hydrogens (tertiary/aromatic N) is 1. The lowest BCUT2D eigenvalue weighted by Gasteiger charge is -2.29. The number of hydrogen-bond acceptors (Lipinski definition) is 3. The van der Waals surface area contributed by atoms with Gasteiger partial charge in [0.15, 0.2) is 0 Å². The van der Waals surface area contributed by atoms with Crippen molar-refractivity contribution in [1.82, 2.24) is 4.90 Å². The number of Topliss-reactive ketones (excluding diaryl/α,β-unsaturated/α-hetero) is 1. The fourth-order valence-corrected chi connectivity index (χ4v) is 2.19. The molecule has 3 nitrogen and oxygen atoms in total. The molecule has 1 heterocycles. The van der Waals surface area contributed by atoms with Gasteiger partial charge >= 0.3 is 0 Å². The fourth-order valence-electron chi connectivity index (χ4n) is 2.19. The lowest BCUT2D eigenvalue weighted by Crippen LogP contribution is -2.41. The number of carbonyl (C=O) groups is 1. The average molecular weight is 226 g/mol. The number of unbranched alkanes of at least 4 members (excludes halogenated alkanes) is 3. The predicted molar refractivity (Wildman–Crippen MR) is 67.4 cm³/mol. The first-order valence-electron chi connectivity index (χ1n) is 6.72. The van der Waals surface area contributed by atoms with Crippen LogP contribution in [0.3, 0.4) is 0 Å². The lowest BCUT2D eigenvalue weighted by molar-refractivity contribution is -0.120. The van der Waals surface area contributed by atoms with Gasteiger partial charge in [0.05, 0.1) is 6.54 Å². The van der Waals surface area contributed by atoms with Crippen molar-refractivity contribution in [1.29, 1.82) is 0 Å². The van der Waals surface area contributed by atoms with Gasteiger partial charge < -0.3 is 5.73 Å². The zero-order valence-corrected chi connectivity index (χ0v) is 10.6. The summed E-state index contributed by atoms with van der Waals surface area (Å²) in [7, 11) is 0. The molecule has 1 fully saturated rings. The fraction of sp³-hybridized carbons (Fsp3) is 0.923. The van der Waals surface area contributed by atoms with E-state index in [-0.39, 0.29) is 0 Å². The van der Waals surface area contributed by atoms with Gasteiger partial charge in [-0.05, 0) is 19.3 Å². The van der Waals surface area contributed by atoms with Crippen LogP contribution in [0.5, 0.6) is 0 Å². The standard InChI is InChI=1S/C13H26N2O/c1-2-3-4-5-6-13(16)11-15-9-7-12(14)8-10-15/h12H,2-11,14H2,1H3. The van der Waals surface area contributed by atoms with Crippen LogP contribution in [0.1, 0.15) is 51.9 Å². The molecule has 3 heteroatoms. The van der Waals surface area contributed by atoms with Gasteiger partial charge in [-0.3, -0.25) is 9.69 Å². The van der Waals surface area contributed by atoms with E-state index < -0.39 is 0 Å². The van der Waals surface area contributed by atoms with E-state index in [1.807, 2.05) is 0 Å². The Morgan fingerprint density at radius 1 is 1.25 bits per heavy atom. The molecular weight excluding hydrogens is 200 g/mol. The number of hydrogen-bond donors (Lipinski definition) is 1. The summed E-state index contributed by atoms with van der Waals surface area (Å²) in [4.78, 5) is 13.9. The number of piperidine rings is 1. The smallest absolute Gasteiger partial charge is 0.146 e. The summed E-state index contributed by atoms with van der Waals surface area (Å²) >= 11 is 0. The van der Waals surface area contributed by atoms with Crippen LogP contribution in [0.4, 0.5) is 0 Å². The molecule has 0 aliphatic carbocycles. The highest BCUT2D eigenvalue weighted by Crippen LogP contribution is 2.09. The van der Waals surface area contributed by atoms with Crippen molar-refractivity contribution in [3.63, 3.8) is 0 Å². The van der Waals surface area contributed by atoms with E-state index in [9.17, 15) is 4.79 Å². The first-order valence-corrected chi connectivity index (χ1v) is 6.72. The SMILES string of the molecule is CCCCCCC(=O)CN1CCC(N)CC1. The van der Waals surface area contributed by atoms with Gasteiger partial charge in [0.25, 0.3) is 0 Å². The van der Waals surface area contributed by atoms with Gasteiger partial charge in [0.2, 0.25) is 0 Å². The molecule has 16 heavy (non-hydrogen) atoms. The summed E-state index contributed by atoms with van der Waals surface area (Å²) in [5.74, 6) is 0.409. The van der Waals surface area contributed by atoms with Gasteiger partial charge in [-0.15, -0.1) is 0 Å². The predicted octanol–water partition coefficient (Wildman–Crippen LogP) is 1.95. The molecule has 0 spiro atoms. The van der Waals surface area contributed by atoms with Gasteiger partial charge in [0.1, 0.15) is 5.78 Å². The quantitative estimate of drug-likeness (QED) is 0.675. The van der Waals surface area contributed by atoms with Crippen LogP contribution in [0.2, 0.25) is 0 Å². The molecule has 1 saturated heterocycles. The number of nitrogens with two attached hydrogens (primary N) is 1. The first-order chi connectivity index (χ1) is 7.72. The minimum atomic E-state index is 0.357. The van der Waals surface area contributed by atoms with Crippen molar-refractivity contribution in [2.45, 2.75) is 57.9 Å². The van der Waals surface area contributed by atoms with Crippen molar-refractivity contribution >= 4 is 5.78 Å². The molecule has 94 valence electrons. The highest BCUT2D eigenvalue weighted by atomic mass is 16.1. The molecule has 1 aliphatic rings. The second kappa shape index (κ2) is 7.80. The van der Waals surface area contributed by atoms with Crippen LogP contribution >= 0.6 is 0 Å². The third kappa shape index (κ3) is 5.61. The molecule has 0 aromatic heterocycles. The van der Waals surface area contributed by atoms with Gasteiger partial charge in [0, 0.05) is 25.6 Å². The Balaban J connectivity index is 2.05. The highest BCUT2D eigenvalue weighted by Gasteiger charge is 2.17. The maximum Gasteiger partial charge on any atom is 0.146 e. The molecule has 0 radical (unpaired) electrons. The maximum absolute atomic E-state index is 11.7. The van der Waals surface area contributed by atoms with Crippen LogP contribution in [0.15, 0.2) is 0 Å². The van der Waals surface area contributed by atoms with Crippen molar-refractivity contribution in [2.75, 3.05) is 19.6 Å². The van der Waals surface area contributed by atoms with E-state index >= 15 is 0 Å². The molecular formula is C13H26N2O. The van der Waals surface area contributed by atoms with Gasteiger partial charge in [-0.25, -0.2) is 0 Å². The molecule has 0 amide bonds. The minimum absolute atomic E-state index is 0.357. The minimum Gasteiger partial charge on any atom is -0.328 e. The third-order valence-corrected chi connectivity index (χ3v) is 3.34. The van der Waals surface area contributed by atoms with Gasteiger partial charge in [-0.1, -0.05) is 26.2 Å². The van der Waals surface area contributed by atoms with Crippen molar-refractivity contribution in [3.8, 4) is 0 Å². The summed E-state index contributed by atoms with van der Waals surface area (Å²) in [6, 6.07) is 0.357. The lowest BCUT2D eigenvalue weighted by atomic mass is 10.0. The zero-order valence-electron chi connectivity index (χ0n) is 10.6. The molecule has 0 unspecified atom stereocenters. The topological polar surface area (TPSA) is 46.3 Å². The van der Waals surface area contributed by atoms with Gasteiger partial charge in [-0.2, -0.15) is 0 Å². The van der Waals surface area contributed by atoms with Crippen LogP contribution in [0, 0.1) is 0 Å². The Kier molecular flexibility index (Phi) is 6.65. The van der Waals surface area contributed by atoms with E-state index in [4.69, 9.17) is 5.73 Å². The van der Waals surface area contributed by atoms with E-state index in [0.29, 0.717) is 18.4 Å². The maximum atomic E-state index is 11.7. The highest BCUT2D eigenvalue weighted by molar-refractivity contribution is 5.80. The van der Waals surface area contributed by atoms with Crippen molar-refractivity contribution < 1.29 is 4.79 Å². The van der Waals surface area contributed by atoms with E-state index in [1.54, 1.807) is 0 Å². The summed E-state index contributed by atoms with van der Waals surface area (Å²) in [5, 5.41) is 0. The number of ketones is 1. The monoisotopic (exact) mass is 226 g/mol. The summed E-state index contributed by atoms with van der Waals surface area (Å²) < 4.78 is 0.